The van der Waals surface area contributed by atoms with E-state index in [0.29, 0.717) is 0 Å². The Labute approximate surface area is 232 Å². The van der Waals surface area contributed by atoms with Gasteiger partial charge in [0.2, 0.25) is 11.8 Å². The highest BCUT2D eigenvalue weighted by Crippen LogP contribution is 2.17. The Morgan fingerprint density at radius 2 is 1.43 bits per heavy atom. The van der Waals surface area contributed by atoms with Gasteiger partial charge < -0.3 is 26.0 Å². The average molecular weight is 539 g/mol. The first-order chi connectivity index (χ1) is 19.3. The molecule has 0 saturated heterocycles. The normalized spacial score (nSPS) is 13.1. The number of amides is 3. The summed E-state index contributed by atoms with van der Waals surface area (Å²) in [6.45, 7) is 1.44. The number of carbonyl (C=O) groups excluding carboxylic acids is 3. The quantitative estimate of drug-likeness (QED) is 0.180. The predicted octanol–water partition coefficient (Wildman–Crippen LogP) is 1.22. The number of carbonyl (C=O) groups is 3. The lowest BCUT2D eigenvalue weighted by atomic mass is 9.81. The number of benzene rings is 3. The van der Waals surface area contributed by atoms with E-state index in [4.69, 9.17) is 0 Å². The molecule has 204 valence electrons. The van der Waals surface area contributed by atoms with Crippen molar-refractivity contribution < 1.29 is 24.4 Å². The van der Waals surface area contributed by atoms with Crippen LogP contribution in [0.5, 0.6) is 0 Å². The van der Waals surface area contributed by atoms with Gasteiger partial charge in [-0.1, -0.05) is 72.8 Å². The molecule has 40 heavy (non-hydrogen) atoms. The lowest BCUT2D eigenvalue weighted by molar-refractivity contribution is -0.130. The molecule has 0 fully saturated rings. The summed E-state index contributed by atoms with van der Waals surface area (Å²) in [6.07, 6.45) is 4.41. The Kier molecular flexibility index (Phi) is 9.55. The highest BCUT2D eigenvalue weighted by atomic mass is 16.4. The summed E-state index contributed by atoms with van der Waals surface area (Å²) in [5.41, 5.74) is 1.64. The van der Waals surface area contributed by atoms with Crippen molar-refractivity contribution in [2.45, 2.75) is 37.8 Å². The molecule has 4 aromatic rings. The molecule has 0 radical (unpaired) electrons. The summed E-state index contributed by atoms with van der Waals surface area (Å²) in [6, 6.07) is 20.6. The van der Waals surface area contributed by atoms with E-state index in [1.807, 2.05) is 72.8 Å². The smallest absolute Gasteiger partial charge is 0.426 e. The maximum Gasteiger partial charge on any atom is 0.475 e. The van der Waals surface area contributed by atoms with Crippen LogP contribution in [0.2, 0.25) is 0 Å². The van der Waals surface area contributed by atoms with Crippen molar-refractivity contribution in [3.8, 4) is 0 Å². The minimum atomic E-state index is -1.77. The largest absolute Gasteiger partial charge is 0.475 e. The minimum absolute atomic E-state index is 0.0446. The molecular formula is C29H30BN5O5. The summed E-state index contributed by atoms with van der Waals surface area (Å²) in [5, 5.41) is 28.9. The highest BCUT2D eigenvalue weighted by molar-refractivity contribution is 6.43. The molecule has 0 aliphatic carbocycles. The van der Waals surface area contributed by atoms with Gasteiger partial charge >= 0.3 is 7.12 Å². The number of rotatable bonds is 11. The van der Waals surface area contributed by atoms with Gasteiger partial charge in [0.15, 0.2) is 0 Å². The van der Waals surface area contributed by atoms with Crippen LogP contribution in [-0.2, 0) is 22.4 Å². The van der Waals surface area contributed by atoms with E-state index < -0.39 is 42.9 Å². The molecule has 4 rings (SSSR count). The van der Waals surface area contributed by atoms with Crippen LogP contribution in [0, 0.1) is 0 Å². The number of hydrogen-bond donors (Lipinski definition) is 5. The molecular weight excluding hydrogens is 509 g/mol. The van der Waals surface area contributed by atoms with Gasteiger partial charge in [-0.25, -0.2) is 4.98 Å². The van der Waals surface area contributed by atoms with Crippen molar-refractivity contribution in [2.24, 2.45) is 0 Å². The Balaban J connectivity index is 1.59. The predicted molar refractivity (Wildman–Crippen MR) is 151 cm³/mol. The third-order valence-electron chi connectivity index (χ3n) is 6.40. The van der Waals surface area contributed by atoms with Crippen LogP contribution in [0.25, 0.3) is 10.8 Å². The summed E-state index contributed by atoms with van der Waals surface area (Å²) >= 11 is 0. The molecule has 5 N–H and O–H groups in total. The Morgan fingerprint density at radius 1 is 0.775 bits per heavy atom. The van der Waals surface area contributed by atoms with Crippen LogP contribution in [0.15, 0.2) is 91.4 Å². The van der Waals surface area contributed by atoms with Crippen LogP contribution in [0.1, 0.15) is 28.5 Å². The van der Waals surface area contributed by atoms with Gasteiger partial charge in [-0.3, -0.25) is 19.4 Å². The van der Waals surface area contributed by atoms with Crippen LogP contribution < -0.4 is 16.0 Å². The minimum Gasteiger partial charge on any atom is -0.426 e. The van der Waals surface area contributed by atoms with Gasteiger partial charge in [0, 0.05) is 25.2 Å². The zero-order valence-corrected chi connectivity index (χ0v) is 21.9. The number of nitrogens with one attached hydrogen (secondary N) is 3. The molecule has 1 aromatic heterocycles. The van der Waals surface area contributed by atoms with E-state index >= 15 is 0 Å². The Morgan fingerprint density at radius 3 is 2.12 bits per heavy atom. The van der Waals surface area contributed by atoms with E-state index in [2.05, 4.69) is 25.9 Å². The Hall–Kier alpha value is -4.61. The standard InChI is InChI=1S/C29H30BN5O5/c1-19(30(39)40)33-27(36)24(16-20-7-3-2-4-8-20)34-28(37)25(35-29(38)26-18-31-13-14-32-26)17-21-11-12-22-9-5-6-10-23(22)15-21/h2-15,18-19,24-25,39-40H,16-17H2,1H3,(H,33,36)(H,34,37)(H,35,38)/t19-,24-,25-/m0/s1. The van der Waals surface area contributed by atoms with Crippen molar-refractivity contribution >= 4 is 35.6 Å². The molecule has 1 heterocycles. The molecule has 3 amide bonds. The zero-order valence-electron chi connectivity index (χ0n) is 21.9. The van der Waals surface area contributed by atoms with Crippen molar-refractivity contribution in [1.29, 1.82) is 0 Å². The Bertz CT molecular complexity index is 1460. The molecule has 10 nitrogen and oxygen atoms in total. The van der Waals surface area contributed by atoms with Crippen molar-refractivity contribution in [3.63, 3.8) is 0 Å². The van der Waals surface area contributed by atoms with Crippen LogP contribution >= 0.6 is 0 Å². The topological polar surface area (TPSA) is 154 Å². The molecule has 3 aromatic carbocycles. The van der Waals surface area contributed by atoms with E-state index in [-0.39, 0.29) is 18.5 Å². The number of nitrogens with zero attached hydrogens (tertiary/aromatic N) is 2. The lowest BCUT2D eigenvalue weighted by Gasteiger charge is -2.24. The lowest BCUT2D eigenvalue weighted by Crippen LogP contribution is -2.57. The SMILES string of the molecule is C[C@H](NC(=O)[C@H](Cc1ccccc1)NC(=O)[C@H](Cc1ccc2ccccc2c1)NC(=O)c1cnccn1)B(O)O. The van der Waals surface area contributed by atoms with Crippen molar-refractivity contribution in [3.05, 3.63) is 108 Å². The van der Waals surface area contributed by atoms with Gasteiger partial charge in [0.25, 0.3) is 5.91 Å². The number of aromatic nitrogens is 2. The van der Waals surface area contributed by atoms with Crippen LogP contribution in [0.4, 0.5) is 0 Å². The van der Waals surface area contributed by atoms with Crippen molar-refractivity contribution in [2.75, 3.05) is 0 Å². The zero-order chi connectivity index (χ0) is 28.5. The first-order valence-electron chi connectivity index (χ1n) is 12.9. The van der Waals surface area contributed by atoms with Gasteiger partial charge in [-0.15, -0.1) is 0 Å². The van der Waals surface area contributed by atoms with E-state index in [9.17, 15) is 24.4 Å². The average Bonchev–Trinajstić information content (AvgIpc) is 2.97. The van der Waals surface area contributed by atoms with Crippen LogP contribution in [0.3, 0.4) is 0 Å². The molecule has 0 aliphatic heterocycles. The van der Waals surface area contributed by atoms with E-state index in [0.717, 1.165) is 21.9 Å². The van der Waals surface area contributed by atoms with Gasteiger partial charge in [0.05, 0.1) is 12.1 Å². The molecule has 0 unspecified atom stereocenters. The molecule has 3 atom stereocenters. The number of hydrogen-bond acceptors (Lipinski definition) is 7. The third-order valence-corrected chi connectivity index (χ3v) is 6.40. The van der Waals surface area contributed by atoms with Crippen molar-refractivity contribution in [1.82, 2.24) is 25.9 Å². The summed E-state index contributed by atoms with van der Waals surface area (Å²) in [5.74, 6) is -2.73. The molecule has 0 aliphatic rings. The second-order valence-electron chi connectivity index (χ2n) is 9.46. The van der Waals surface area contributed by atoms with Crippen LogP contribution in [-0.4, -0.2) is 62.9 Å². The van der Waals surface area contributed by atoms with Gasteiger partial charge in [-0.2, -0.15) is 0 Å². The summed E-state index contributed by atoms with van der Waals surface area (Å²) in [7, 11) is -1.77. The fourth-order valence-electron chi connectivity index (χ4n) is 4.19. The molecule has 11 heteroatoms. The second-order valence-corrected chi connectivity index (χ2v) is 9.46. The van der Waals surface area contributed by atoms with Gasteiger partial charge in [0.1, 0.15) is 17.8 Å². The highest BCUT2D eigenvalue weighted by Gasteiger charge is 2.30. The summed E-state index contributed by atoms with van der Waals surface area (Å²) in [4.78, 5) is 47.7. The maximum atomic E-state index is 13.7. The first kappa shape index (κ1) is 28.4. The number of fused-ring (bicyclic) bond motifs is 1. The summed E-state index contributed by atoms with van der Waals surface area (Å²) < 4.78 is 0. The third kappa shape index (κ3) is 7.72. The molecule has 0 spiro atoms. The molecule has 0 saturated carbocycles. The molecule has 0 bridgehead atoms. The fraction of sp³-hybridized carbons (Fsp3) is 0.207. The van der Waals surface area contributed by atoms with E-state index in [1.54, 1.807) is 0 Å². The fourth-order valence-corrected chi connectivity index (χ4v) is 4.19. The maximum absolute atomic E-state index is 13.7. The monoisotopic (exact) mass is 539 g/mol. The van der Waals surface area contributed by atoms with Gasteiger partial charge in [-0.05, 0) is 28.8 Å². The van der Waals surface area contributed by atoms with E-state index in [1.165, 1.54) is 25.5 Å². The second kappa shape index (κ2) is 13.5. The first-order valence-corrected chi connectivity index (χ1v) is 12.9.